The van der Waals surface area contributed by atoms with E-state index in [0.29, 0.717) is 40.5 Å². The molecule has 0 fully saturated rings. The minimum atomic E-state index is -0.915. The number of benzene rings is 2. The number of Topliss-reactive ketones (excluding diaryl/α,β-unsaturated/α-hetero) is 1. The fourth-order valence-corrected chi connectivity index (χ4v) is 3.00. The van der Waals surface area contributed by atoms with Gasteiger partial charge < -0.3 is 29.4 Å². The summed E-state index contributed by atoms with van der Waals surface area (Å²) < 4.78 is 21.7. The van der Waals surface area contributed by atoms with E-state index in [-0.39, 0.29) is 37.0 Å². The summed E-state index contributed by atoms with van der Waals surface area (Å²) in [4.78, 5) is 35.0. The van der Waals surface area contributed by atoms with Gasteiger partial charge in [0.2, 0.25) is 5.78 Å². The lowest BCUT2D eigenvalue weighted by Gasteiger charge is -2.08. The molecular formula is C23H23NO8. The van der Waals surface area contributed by atoms with Crippen molar-refractivity contribution < 1.29 is 38.4 Å². The fourth-order valence-electron chi connectivity index (χ4n) is 3.00. The van der Waals surface area contributed by atoms with Crippen molar-refractivity contribution in [3.8, 4) is 23.0 Å². The van der Waals surface area contributed by atoms with Crippen LogP contribution in [0.5, 0.6) is 23.0 Å². The number of rotatable bonds is 10. The number of carboxylic acid groups (broad SMARTS) is 1. The average molecular weight is 441 g/mol. The van der Waals surface area contributed by atoms with Gasteiger partial charge in [0, 0.05) is 30.7 Å². The molecule has 0 bridgehead atoms. The van der Waals surface area contributed by atoms with E-state index in [1.165, 1.54) is 13.2 Å². The molecule has 0 atom stereocenters. The van der Waals surface area contributed by atoms with E-state index in [1.807, 2.05) is 0 Å². The highest BCUT2D eigenvalue weighted by Gasteiger charge is 2.28. The first-order chi connectivity index (χ1) is 15.4. The number of nitrogens with one attached hydrogen (secondary N) is 1. The van der Waals surface area contributed by atoms with Crippen LogP contribution in [0.2, 0.25) is 0 Å². The molecule has 1 amide bonds. The molecule has 2 aromatic rings. The van der Waals surface area contributed by atoms with Gasteiger partial charge in [0.15, 0.2) is 12.4 Å². The van der Waals surface area contributed by atoms with Crippen LogP contribution in [-0.4, -0.2) is 50.1 Å². The van der Waals surface area contributed by atoms with Crippen LogP contribution in [0.1, 0.15) is 28.8 Å². The molecule has 9 heteroatoms. The number of allylic oxidation sites excluding steroid dienone is 1. The maximum atomic E-state index is 12.7. The predicted molar refractivity (Wildman–Crippen MR) is 114 cm³/mol. The minimum absolute atomic E-state index is 0.0183. The molecule has 1 heterocycles. The van der Waals surface area contributed by atoms with Crippen LogP contribution >= 0.6 is 0 Å². The first-order valence-corrected chi connectivity index (χ1v) is 9.83. The van der Waals surface area contributed by atoms with Crippen LogP contribution in [0, 0.1) is 0 Å². The first kappa shape index (κ1) is 22.7. The third kappa shape index (κ3) is 5.57. The molecule has 0 aromatic heterocycles. The van der Waals surface area contributed by atoms with E-state index in [0.717, 1.165) is 0 Å². The second kappa shape index (κ2) is 10.3. The maximum Gasteiger partial charge on any atom is 0.303 e. The number of aliphatic carboxylic acids is 1. The van der Waals surface area contributed by atoms with Gasteiger partial charge in [0.1, 0.15) is 23.0 Å². The van der Waals surface area contributed by atoms with Gasteiger partial charge in [0.05, 0.1) is 19.8 Å². The molecule has 0 saturated heterocycles. The topological polar surface area (TPSA) is 120 Å². The first-order valence-electron chi connectivity index (χ1n) is 9.83. The Bertz CT molecular complexity index is 1060. The Kier molecular flexibility index (Phi) is 7.33. The molecule has 168 valence electrons. The molecule has 2 aromatic carbocycles. The molecule has 0 unspecified atom stereocenters. The zero-order chi connectivity index (χ0) is 23.1. The highest BCUT2D eigenvalue weighted by Crippen LogP contribution is 2.36. The van der Waals surface area contributed by atoms with Crippen molar-refractivity contribution in [1.82, 2.24) is 5.32 Å². The molecule has 9 nitrogen and oxygen atoms in total. The second-order valence-corrected chi connectivity index (χ2v) is 6.84. The molecular weight excluding hydrogens is 418 g/mol. The molecule has 0 saturated carbocycles. The summed E-state index contributed by atoms with van der Waals surface area (Å²) in [6.07, 6.45) is 1.91. The maximum absolute atomic E-state index is 12.7. The monoisotopic (exact) mass is 441 g/mol. The standard InChI is InChI=1S/C23H23NO8/c1-29-15-6-5-14(18(11-15)30-2)10-20-23(28)17-8-7-16(12-19(17)32-20)31-13-21(25)24-9-3-4-22(26)27/h5-8,10-12H,3-4,9,13H2,1-2H3,(H,24,25)(H,26,27)/b20-10+. The van der Waals surface area contributed by atoms with Crippen molar-refractivity contribution >= 4 is 23.7 Å². The van der Waals surface area contributed by atoms with Crippen molar-refractivity contribution in [3.05, 3.63) is 53.3 Å². The van der Waals surface area contributed by atoms with Crippen molar-refractivity contribution in [2.24, 2.45) is 0 Å². The summed E-state index contributed by atoms with van der Waals surface area (Å²) >= 11 is 0. The lowest BCUT2D eigenvalue weighted by molar-refractivity contribution is -0.137. The van der Waals surface area contributed by atoms with E-state index in [9.17, 15) is 14.4 Å². The molecule has 0 radical (unpaired) electrons. The van der Waals surface area contributed by atoms with Gasteiger partial charge >= 0.3 is 5.97 Å². The number of methoxy groups -OCH3 is 2. The zero-order valence-corrected chi connectivity index (χ0v) is 17.7. The number of carbonyl (C=O) groups is 3. The van der Waals surface area contributed by atoms with E-state index in [1.54, 1.807) is 43.5 Å². The average Bonchev–Trinajstić information content (AvgIpc) is 3.10. The van der Waals surface area contributed by atoms with Gasteiger partial charge in [-0.05, 0) is 36.8 Å². The minimum Gasteiger partial charge on any atom is -0.497 e. The van der Waals surface area contributed by atoms with Crippen molar-refractivity contribution in [3.63, 3.8) is 0 Å². The van der Waals surface area contributed by atoms with Crippen molar-refractivity contribution in [1.29, 1.82) is 0 Å². The van der Waals surface area contributed by atoms with Crippen molar-refractivity contribution in [2.75, 3.05) is 27.4 Å². The number of ketones is 1. The Hall–Kier alpha value is -4.01. The Morgan fingerprint density at radius 1 is 1.09 bits per heavy atom. The number of carbonyl (C=O) groups excluding carboxylic acids is 2. The Morgan fingerprint density at radius 3 is 2.59 bits per heavy atom. The molecule has 0 aliphatic carbocycles. The second-order valence-electron chi connectivity index (χ2n) is 6.84. The number of carboxylic acids is 1. The number of ether oxygens (including phenoxy) is 4. The lowest BCUT2D eigenvalue weighted by Crippen LogP contribution is -2.29. The summed E-state index contributed by atoms with van der Waals surface area (Å²) in [6, 6.07) is 9.90. The largest absolute Gasteiger partial charge is 0.497 e. The van der Waals surface area contributed by atoms with Gasteiger partial charge in [-0.25, -0.2) is 0 Å². The van der Waals surface area contributed by atoms with Gasteiger partial charge in [0.25, 0.3) is 5.91 Å². The molecule has 32 heavy (non-hydrogen) atoms. The van der Waals surface area contributed by atoms with Crippen LogP contribution in [0.15, 0.2) is 42.2 Å². The van der Waals surface area contributed by atoms with Crippen LogP contribution in [0.3, 0.4) is 0 Å². The zero-order valence-electron chi connectivity index (χ0n) is 17.7. The van der Waals surface area contributed by atoms with Gasteiger partial charge in [-0.1, -0.05) is 0 Å². The molecule has 0 spiro atoms. The van der Waals surface area contributed by atoms with E-state index < -0.39 is 5.97 Å². The summed E-state index contributed by atoms with van der Waals surface area (Å²) in [5, 5.41) is 11.2. The lowest BCUT2D eigenvalue weighted by atomic mass is 10.1. The third-order valence-electron chi connectivity index (χ3n) is 4.63. The molecule has 1 aliphatic heterocycles. The Balaban J connectivity index is 1.63. The fraction of sp³-hybridized carbons (Fsp3) is 0.261. The van der Waals surface area contributed by atoms with Crippen LogP contribution in [0.25, 0.3) is 6.08 Å². The third-order valence-corrected chi connectivity index (χ3v) is 4.63. The highest BCUT2D eigenvalue weighted by atomic mass is 16.5. The van der Waals surface area contributed by atoms with Gasteiger partial charge in [-0.3, -0.25) is 14.4 Å². The summed E-state index contributed by atoms with van der Waals surface area (Å²) in [5.41, 5.74) is 1.04. The van der Waals surface area contributed by atoms with Gasteiger partial charge in [-0.15, -0.1) is 0 Å². The van der Waals surface area contributed by atoms with E-state index in [2.05, 4.69) is 5.32 Å². The predicted octanol–water partition coefficient (Wildman–Crippen LogP) is 2.68. The molecule has 3 rings (SSSR count). The van der Waals surface area contributed by atoms with Crippen LogP contribution in [0.4, 0.5) is 0 Å². The summed E-state index contributed by atoms with van der Waals surface area (Å²) in [5.74, 6) is 0.411. The highest BCUT2D eigenvalue weighted by molar-refractivity contribution is 6.14. The van der Waals surface area contributed by atoms with Gasteiger partial charge in [-0.2, -0.15) is 0 Å². The quantitative estimate of drug-likeness (QED) is 0.427. The number of hydrogen-bond donors (Lipinski definition) is 2. The smallest absolute Gasteiger partial charge is 0.303 e. The van der Waals surface area contributed by atoms with Crippen LogP contribution in [-0.2, 0) is 9.59 Å². The normalized spacial score (nSPS) is 13.3. The molecule has 1 aliphatic rings. The van der Waals surface area contributed by atoms with Crippen molar-refractivity contribution in [2.45, 2.75) is 12.8 Å². The Labute approximate surface area is 184 Å². The SMILES string of the molecule is COc1ccc(/C=C2/Oc3cc(OCC(=O)NCCCC(=O)O)ccc3C2=O)c(OC)c1. The Morgan fingerprint density at radius 2 is 1.88 bits per heavy atom. The van der Waals surface area contributed by atoms with Crippen LogP contribution < -0.4 is 24.3 Å². The van der Waals surface area contributed by atoms with E-state index in [4.69, 9.17) is 24.1 Å². The van der Waals surface area contributed by atoms with E-state index >= 15 is 0 Å². The number of amides is 1. The summed E-state index contributed by atoms with van der Waals surface area (Å²) in [6.45, 7) is 0.00478. The summed E-state index contributed by atoms with van der Waals surface area (Å²) in [7, 11) is 3.07. The molecule has 2 N–H and O–H groups in total. The number of hydrogen-bond acceptors (Lipinski definition) is 7. The number of fused-ring (bicyclic) bond motifs is 1.